The molecule has 15 heavy (non-hydrogen) atoms. The Balaban J connectivity index is 3.05. The van der Waals surface area contributed by atoms with Crippen LogP contribution in [0.3, 0.4) is 0 Å². The molecule has 0 saturated carbocycles. The Kier molecular flexibility index (Phi) is 3.23. The standard InChI is InChI=1S/C11H10O4/c1-7-4-2-3-5-8(7)9(12)6-10(13)11(14)15/h2-6,12H,1H3,(H,14,15)/p-1/b9-6-. The maximum atomic E-state index is 11.4. The Labute approximate surface area is 86.5 Å². The fourth-order valence-electron chi connectivity index (χ4n) is 1.11. The zero-order valence-corrected chi connectivity index (χ0v) is 8.06. The van der Waals surface area contributed by atoms with Gasteiger partial charge in [-0.1, -0.05) is 30.0 Å². The van der Waals surface area contributed by atoms with Crippen LogP contribution in [-0.4, -0.2) is 16.9 Å². The number of hydrogen-bond acceptors (Lipinski definition) is 3. The van der Waals surface area contributed by atoms with E-state index in [0.717, 1.165) is 0 Å². The summed E-state index contributed by atoms with van der Waals surface area (Å²) in [4.78, 5) is 21.0. The number of carbonyl (C=O) groups is 2. The van der Waals surface area contributed by atoms with E-state index < -0.39 is 17.5 Å². The maximum Gasteiger partial charge on any atom is 0.376 e. The van der Waals surface area contributed by atoms with Gasteiger partial charge < -0.3 is 10.2 Å². The van der Waals surface area contributed by atoms with E-state index in [1.54, 1.807) is 31.2 Å². The summed E-state index contributed by atoms with van der Waals surface area (Å²) < 4.78 is 0. The van der Waals surface area contributed by atoms with Crippen LogP contribution in [-0.2, 0) is 9.59 Å². The molecule has 0 radical (unpaired) electrons. The van der Waals surface area contributed by atoms with Crippen LogP contribution in [0.25, 0.3) is 5.76 Å². The Morgan fingerprint density at radius 1 is 1.33 bits per heavy atom. The molecule has 4 heteroatoms. The first-order chi connectivity index (χ1) is 7.02. The van der Waals surface area contributed by atoms with Crippen LogP contribution in [0.5, 0.6) is 0 Å². The SMILES string of the molecule is Cc1ccccc1/C([O-])=C/C(=O)C(=O)O. The van der Waals surface area contributed by atoms with Gasteiger partial charge in [0.25, 0.3) is 5.78 Å². The number of rotatable bonds is 3. The van der Waals surface area contributed by atoms with E-state index in [-0.39, 0.29) is 0 Å². The van der Waals surface area contributed by atoms with Crippen molar-refractivity contribution in [3.05, 3.63) is 41.5 Å². The van der Waals surface area contributed by atoms with Crippen LogP contribution < -0.4 is 5.11 Å². The molecule has 1 N–H and O–H groups in total. The first-order valence-corrected chi connectivity index (χ1v) is 4.24. The first-order valence-electron chi connectivity index (χ1n) is 4.24. The van der Waals surface area contributed by atoms with E-state index in [2.05, 4.69) is 0 Å². The van der Waals surface area contributed by atoms with Gasteiger partial charge in [0.2, 0.25) is 0 Å². The van der Waals surface area contributed by atoms with Gasteiger partial charge in [0.1, 0.15) is 0 Å². The highest BCUT2D eigenvalue weighted by atomic mass is 16.4. The van der Waals surface area contributed by atoms with Crippen molar-refractivity contribution in [2.75, 3.05) is 0 Å². The molecule has 0 fully saturated rings. The fraction of sp³-hybridized carbons (Fsp3) is 0.0909. The molecule has 78 valence electrons. The smallest absolute Gasteiger partial charge is 0.376 e. The predicted octanol–water partition coefficient (Wildman–Crippen LogP) is 0.350. The van der Waals surface area contributed by atoms with Crippen molar-refractivity contribution in [3.63, 3.8) is 0 Å². The lowest BCUT2D eigenvalue weighted by Gasteiger charge is -2.13. The predicted molar refractivity (Wildman–Crippen MR) is 51.8 cm³/mol. The summed E-state index contributed by atoms with van der Waals surface area (Å²) in [7, 11) is 0. The molecular formula is C11H9O4-. The van der Waals surface area contributed by atoms with Crippen molar-refractivity contribution in [1.82, 2.24) is 0 Å². The zero-order valence-electron chi connectivity index (χ0n) is 8.06. The Hall–Kier alpha value is -2.10. The summed E-state index contributed by atoms with van der Waals surface area (Å²) in [6.45, 7) is 1.71. The number of aliphatic carboxylic acids is 1. The minimum atomic E-state index is -1.63. The van der Waals surface area contributed by atoms with Crippen molar-refractivity contribution in [2.24, 2.45) is 0 Å². The lowest BCUT2D eigenvalue weighted by Crippen LogP contribution is -2.13. The molecule has 0 atom stereocenters. The van der Waals surface area contributed by atoms with Crippen LogP contribution >= 0.6 is 0 Å². The van der Waals surface area contributed by atoms with Crippen LogP contribution in [0, 0.1) is 6.92 Å². The molecule has 0 aliphatic carbocycles. The van der Waals surface area contributed by atoms with Gasteiger partial charge in [-0.25, -0.2) is 4.79 Å². The third kappa shape index (κ3) is 2.67. The number of carboxylic acid groups (broad SMARTS) is 1. The summed E-state index contributed by atoms with van der Waals surface area (Å²) in [5, 5.41) is 19.8. The molecule has 0 heterocycles. The monoisotopic (exact) mass is 205 g/mol. The van der Waals surface area contributed by atoms with Gasteiger partial charge >= 0.3 is 5.97 Å². The number of aryl methyl sites for hydroxylation is 1. The molecule has 0 saturated heterocycles. The number of hydrogen-bond donors (Lipinski definition) is 1. The second-order valence-corrected chi connectivity index (χ2v) is 2.99. The second kappa shape index (κ2) is 4.41. The molecule has 0 bridgehead atoms. The summed E-state index contributed by atoms with van der Waals surface area (Å²) in [6.07, 6.45) is 0.588. The molecule has 0 aliphatic rings. The third-order valence-corrected chi connectivity index (χ3v) is 1.88. The summed E-state index contributed by atoms with van der Waals surface area (Å²) >= 11 is 0. The average Bonchev–Trinajstić information content (AvgIpc) is 2.18. The van der Waals surface area contributed by atoms with Crippen molar-refractivity contribution < 1.29 is 19.8 Å². The van der Waals surface area contributed by atoms with E-state index in [1.807, 2.05) is 0 Å². The molecule has 4 nitrogen and oxygen atoms in total. The molecule has 1 rings (SSSR count). The molecule has 1 aromatic carbocycles. The van der Waals surface area contributed by atoms with Crippen LogP contribution in [0.4, 0.5) is 0 Å². The van der Waals surface area contributed by atoms with Gasteiger partial charge in [-0.2, -0.15) is 0 Å². The molecule has 0 unspecified atom stereocenters. The van der Waals surface area contributed by atoms with E-state index in [1.165, 1.54) is 0 Å². The first kappa shape index (κ1) is 11.0. The second-order valence-electron chi connectivity index (χ2n) is 2.99. The van der Waals surface area contributed by atoms with Gasteiger partial charge in [0.15, 0.2) is 0 Å². The Bertz CT molecular complexity index is 432. The Morgan fingerprint density at radius 2 is 1.93 bits per heavy atom. The minimum absolute atomic E-state index is 0.340. The molecule has 0 amide bonds. The average molecular weight is 205 g/mol. The van der Waals surface area contributed by atoms with Crippen molar-refractivity contribution >= 4 is 17.5 Å². The normalized spacial score (nSPS) is 11.1. The van der Waals surface area contributed by atoms with Crippen molar-refractivity contribution in [2.45, 2.75) is 6.92 Å². The number of benzene rings is 1. The third-order valence-electron chi connectivity index (χ3n) is 1.88. The highest BCUT2D eigenvalue weighted by Gasteiger charge is 2.07. The van der Waals surface area contributed by atoms with E-state index in [0.29, 0.717) is 17.2 Å². The summed E-state index contributed by atoms with van der Waals surface area (Å²) in [6, 6.07) is 6.67. The van der Waals surface area contributed by atoms with Gasteiger partial charge in [0, 0.05) is 0 Å². The Morgan fingerprint density at radius 3 is 2.47 bits per heavy atom. The highest BCUT2D eigenvalue weighted by Crippen LogP contribution is 2.13. The van der Waals surface area contributed by atoms with Crippen LogP contribution in [0.1, 0.15) is 11.1 Å². The quantitative estimate of drug-likeness (QED) is 0.438. The van der Waals surface area contributed by atoms with Crippen LogP contribution in [0.15, 0.2) is 30.3 Å². The number of ketones is 1. The van der Waals surface area contributed by atoms with Crippen LogP contribution in [0.2, 0.25) is 0 Å². The van der Waals surface area contributed by atoms with Gasteiger partial charge in [-0.05, 0) is 24.1 Å². The zero-order chi connectivity index (χ0) is 11.4. The lowest BCUT2D eigenvalue weighted by molar-refractivity contribution is -0.244. The lowest BCUT2D eigenvalue weighted by atomic mass is 10.1. The fourth-order valence-corrected chi connectivity index (χ4v) is 1.11. The number of carboxylic acids is 1. The van der Waals surface area contributed by atoms with Gasteiger partial charge in [0.05, 0.1) is 0 Å². The van der Waals surface area contributed by atoms with E-state index >= 15 is 0 Å². The van der Waals surface area contributed by atoms with E-state index in [9.17, 15) is 14.7 Å². The summed E-state index contributed by atoms with van der Waals surface area (Å²) in [5.74, 6) is -3.42. The maximum absolute atomic E-state index is 11.4. The molecule has 0 aromatic heterocycles. The van der Waals surface area contributed by atoms with Crippen molar-refractivity contribution in [1.29, 1.82) is 0 Å². The topological polar surface area (TPSA) is 77.4 Å². The van der Waals surface area contributed by atoms with Gasteiger partial charge in [-0.3, -0.25) is 4.79 Å². The largest absolute Gasteiger partial charge is 0.872 e. The number of carbonyl (C=O) groups excluding carboxylic acids is 1. The van der Waals surface area contributed by atoms with E-state index in [4.69, 9.17) is 5.11 Å². The van der Waals surface area contributed by atoms with Gasteiger partial charge in [-0.15, -0.1) is 0 Å². The molecule has 1 aromatic rings. The molecule has 0 spiro atoms. The highest BCUT2D eigenvalue weighted by molar-refractivity contribution is 6.38. The molecular weight excluding hydrogens is 196 g/mol. The summed E-state index contributed by atoms with van der Waals surface area (Å²) in [5.41, 5.74) is 1.05. The van der Waals surface area contributed by atoms with Crippen molar-refractivity contribution in [3.8, 4) is 0 Å². The minimum Gasteiger partial charge on any atom is -0.872 e. The molecule has 0 aliphatic heterocycles.